The predicted octanol–water partition coefficient (Wildman–Crippen LogP) is 4.00. The van der Waals surface area contributed by atoms with Crippen molar-refractivity contribution in [1.29, 1.82) is 0 Å². The lowest BCUT2D eigenvalue weighted by Crippen LogP contribution is -2.36. The Hall–Kier alpha value is -3.22. The quantitative estimate of drug-likeness (QED) is 0.654. The fourth-order valence-corrected chi connectivity index (χ4v) is 3.84. The molecule has 28 heavy (non-hydrogen) atoms. The Kier molecular flexibility index (Phi) is 5.06. The molecule has 2 heterocycles. The molecule has 1 amide bonds. The summed E-state index contributed by atoms with van der Waals surface area (Å²) in [5, 5.41) is 13.4. The van der Waals surface area contributed by atoms with E-state index >= 15 is 0 Å². The van der Waals surface area contributed by atoms with E-state index in [0.29, 0.717) is 30.0 Å². The normalized spacial score (nSPS) is 19.3. The minimum Gasteiger partial charge on any atom is -0.338 e. The SMILES string of the molecule is Cc1cc(NC(=O)C2CCCCC2C(=O)c2ccc(-c3ccn[nH]3)cc2)on1. The number of Topliss-reactive ketones (excluding diaryl/α,β-unsaturated/α-hetero) is 1. The van der Waals surface area contributed by atoms with Gasteiger partial charge in [-0.05, 0) is 31.4 Å². The zero-order chi connectivity index (χ0) is 19.5. The highest BCUT2D eigenvalue weighted by atomic mass is 16.5. The molecule has 1 aromatic carbocycles. The molecule has 0 spiro atoms. The number of carbonyl (C=O) groups excluding carboxylic acids is 2. The third-order valence-electron chi connectivity index (χ3n) is 5.30. The summed E-state index contributed by atoms with van der Waals surface area (Å²) in [6.07, 6.45) is 5.00. The van der Waals surface area contributed by atoms with Crippen LogP contribution in [0.25, 0.3) is 11.3 Å². The summed E-state index contributed by atoms with van der Waals surface area (Å²) >= 11 is 0. The Morgan fingerprint density at radius 1 is 1.11 bits per heavy atom. The monoisotopic (exact) mass is 378 g/mol. The van der Waals surface area contributed by atoms with Crippen molar-refractivity contribution in [2.45, 2.75) is 32.6 Å². The number of benzene rings is 1. The number of aryl methyl sites for hydroxylation is 1. The molecule has 1 saturated carbocycles. The van der Waals surface area contributed by atoms with Gasteiger partial charge in [0.15, 0.2) is 5.78 Å². The Morgan fingerprint density at radius 3 is 2.50 bits per heavy atom. The summed E-state index contributed by atoms with van der Waals surface area (Å²) in [6.45, 7) is 1.79. The third-order valence-corrected chi connectivity index (χ3v) is 5.30. The highest BCUT2D eigenvalue weighted by Gasteiger charge is 2.36. The largest absolute Gasteiger partial charge is 0.338 e. The van der Waals surface area contributed by atoms with Crippen LogP contribution in [0.2, 0.25) is 0 Å². The molecule has 0 radical (unpaired) electrons. The maximum atomic E-state index is 13.1. The van der Waals surface area contributed by atoms with Crippen molar-refractivity contribution in [2.24, 2.45) is 11.8 Å². The average molecular weight is 378 g/mol. The van der Waals surface area contributed by atoms with Gasteiger partial charge in [-0.1, -0.05) is 42.3 Å². The van der Waals surface area contributed by atoms with Crippen LogP contribution in [0.15, 0.2) is 47.1 Å². The fraction of sp³-hybridized carbons (Fsp3) is 0.333. The summed E-state index contributed by atoms with van der Waals surface area (Å²) in [6, 6.07) is 11.0. The van der Waals surface area contributed by atoms with Gasteiger partial charge in [0.1, 0.15) is 0 Å². The Bertz CT molecular complexity index is 960. The maximum Gasteiger partial charge on any atom is 0.231 e. The van der Waals surface area contributed by atoms with Crippen molar-refractivity contribution in [3.05, 3.63) is 53.9 Å². The molecule has 7 nitrogen and oxygen atoms in total. The molecule has 2 aromatic heterocycles. The van der Waals surface area contributed by atoms with Gasteiger partial charge in [-0.25, -0.2) is 0 Å². The van der Waals surface area contributed by atoms with E-state index in [4.69, 9.17) is 4.52 Å². The highest BCUT2D eigenvalue weighted by Crippen LogP contribution is 2.34. The smallest absolute Gasteiger partial charge is 0.231 e. The lowest BCUT2D eigenvalue weighted by Gasteiger charge is -2.29. The zero-order valence-electron chi connectivity index (χ0n) is 15.6. The fourth-order valence-electron chi connectivity index (χ4n) is 3.84. The number of anilines is 1. The lowest BCUT2D eigenvalue weighted by molar-refractivity contribution is -0.122. The van der Waals surface area contributed by atoms with E-state index in [-0.39, 0.29) is 23.5 Å². The molecule has 2 atom stereocenters. The average Bonchev–Trinajstić information content (AvgIpc) is 3.39. The van der Waals surface area contributed by atoms with Crippen molar-refractivity contribution in [1.82, 2.24) is 15.4 Å². The molecule has 2 N–H and O–H groups in total. The first-order chi connectivity index (χ1) is 13.6. The minimum atomic E-state index is -0.362. The number of H-pyrrole nitrogens is 1. The van der Waals surface area contributed by atoms with E-state index in [2.05, 4.69) is 20.7 Å². The maximum absolute atomic E-state index is 13.1. The molecule has 4 rings (SSSR count). The number of rotatable bonds is 5. The molecule has 2 unspecified atom stereocenters. The first kappa shape index (κ1) is 18.2. The van der Waals surface area contributed by atoms with Crippen LogP contribution in [-0.4, -0.2) is 27.0 Å². The van der Waals surface area contributed by atoms with Crippen molar-refractivity contribution >= 4 is 17.6 Å². The van der Waals surface area contributed by atoms with Crippen molar-refractivity contribution < 1.29 is 14.1 Å². The van der Waals surface area contributed by atoms with E-state index in [1.807, 2.05) is 30.3 Å². The van der Waals surface area contributed by atoms with Crippen LogP contribution in [0.5, 0.6) is 0 Å². The number of nitrogens with zero attached hydrogens (tertiary/aromatic N) is 2. The van der Waals surface area contributed by atoms with Gasteiger partial charge in [-0.3, -0.25) is 20.0 Å². The second-order valence-electron chi connectivity index (χ2n) is 7.23. The molecule has 1 aliphatic carbocycles. The van der Waals surface area contributed by atoms with Crippen LogP contribution >= 0.6 is 0 Å². The number of aromatic nitrogens is 3. The van der Waals surface area contributed by atoms with Gasteiger partial charge in [-0.2, -0.15) is 5.10 Å². The molecule has 0 aliphatic heterocycles. The van der Waals surface area contributed by atoms with Crippen molar-refractivity contribution in [3.63, 3.8) is 0 Å². The zero-order valence-corrected chi connectivity index (χ0v) is 15.6. The van der Waals surface area contributed by atoms with Gasteiger partial charge in [-0.15, -0.1) is 0 Å². The number of hydrogen-bond donors (Lipinski definition) is 2. The van der Waals surface area contributed by atoms with Crippen LogP contribution in [0.3, 0.4) is 0 Å². The first-order valence-corrected chi connectivity index (χ1v) is 9.50. The van der Waals surface area contributed by atoms with Crippen LogP contribution < -0.4 is 5.32 Å². The molecule has 0 bridgehead atoms. The van der Waals surface area contributed by atoms with E-state index in [1.165, 1.54) is 0 Å². The number of hydrogen-bond acceptors (Lipinski definition) is 5. The number of ketones is 1. The first-order valence-electron chi connectivity index (χ1n) is 9.50. The molecule has 144 valence electrons. The van der Waals surface area contributed by atoms with Gasteiger partial charge >= 0.3 is 0 Å². The minimum absolute atomic E-state index is 0.0183. The van der Waals surface area contributed by atoms with Gasteiger partial charge in [0.2, 0.25) is 11.8 Å². The van der Waals surface area contributed by atoms with E-state index in [9.17, 15) is 9.59 Å². The molecular formula is C21H22N4O3. The van der Waals surface area contributed by atoms with Crippen LogP contribution in [0, 0.1) is 18.8 Å². The van der Waals surface area contributed by atoms with Gasteiger partial charge in [0.05, 0.1) is 11.4 Å². The van der Waals surface area contributed by atoms with E-state index in [1.54, 1.807) is 19.2 Å². The number of aromatic amines is 1. The molecule has 0 saturated heterocycles. The summed E-state index contributed by atoms with van der Waals surface area (Å²) < 4.78 is 5.08. The number of amides is 1. The van der Waals surface area contributed by atoms with Crippen LogP contribution in [0.1, 0.15) is 41.7 Å². The summed E-state index contributed by atoms with van der Waals surface area (Å²) in [7, 11) is 0. The second kappa shape index (κ2) is 7.80. The number of nitrogens with one attached hydrogen (secondary N) is 2. The summed E-state index contributed by atoms with van der Waals surface area (Å²) in [5.41, 5.74) is 3.19. The van der Waals surface area contributed by atoms with Crippen molar-refractivity contribution in [3.8, 4) is 11.3 Å². The Morgan fingerprint density at radius 2 is 1.86 bits per heavy atom. The molecule has 7 heteroatoms. The second-order valence-corrected chi connectivity index (χ2v) is 7.23. The summed E-state index contributed by atoms with van der Waals surface area (Å²) in [4.78, 5) is 25.9. The van der Waals surface area contributed by atoms with Gasteiger partial charge < -0.3 is 4.52 Å². The predicted molar refractivity (Wildman–Crippen MR) is 104 cm³/mol. The van der Waals surface area contributed by atoms with E-state index in [0.717, 1.165) is 24.1 Å². The van der Waals surface area contributed by atoms with E-state index < -0.39 is 0 Å². The standard InChI is InChI=1S/C21H22N4O3/c1-13-12-19(28-25-13)23-21(27)17-5-3-2-4-16(17)20(26)15-8-6-14(7-9-15)18-10-11-22-24-18/h6-12,16-17H,2-5H2,1H3,(H,22,24)(H,23,27). The molecule has 1 aliphatic rings. The molecular weight excluding hydrogens is 356 g/mol. The Labute approximate surface area is 162 Å². The molecule has 1 fully saturated rings. The van der Waals surface area contributed by atoms with Crippen LogP contribution in [0.4, 0.5) is 5.88 Å². The number of carbonyl (C=O) groups is 2. The summed E-state index contributed by atoms with van der Waals surface area (Å²) in [5.74, 6) is -0.522. The topological polar surface area (TPSA) is 101 Å². The highest BCUT2D eigenvalue weighted by molar-refractivity contribution is 6.02. The lowest BCUT2D eigenvalue weighted by atomic mass is 9.75. The third kappa shape index (κ3) is 3.74. The van der Waals surface area contributed by atoms with Gasteiger partial charge in [0, 0.05) is 29.7 Å². The Balaban J connectivity index is 1.50. The molecule has 3 aromatic rings. The van der Waals surface area contributed by atoms with Gasteiger partial charge in [0.25, 0.3) is 0 Å². The van der Waals surface area contributed by atoms with Crippen molar-refractivity contribution in [2.75, 3.05) is 5.32 Å². The van der Waals surface area contributed by atoms with Crippen LogP contribution in [-0.2, 0) is 4.79 Å².